The van der Waals surface area contributed by atoms with Gasteiger partial charge in [-0.3, -0.25) is 14.7 Å². The largest absolute Gasteiger partial charge is 0.341 e. The molecule has 3 aliphatic rings. The molecular weight excluding hydrogens is 338 g/mol. The molecule has 3 aliphatic heterocycles. The number of likely N-dealkylation sites (tertiary alicyclic amines) is 2. The average Bonchev–Trinajstić information content (AvgIpc) is 2.94. The standard InChI is InChI=1S/C18H25N3O3S/c22-18(21-11-15(12-21)17-3-1-2-7-19-17)14-4-8-20(9-5-14)16-6-10-25(23,24)13-16/h1-3,7,14-16H,4-6,8-13H2/t16-/m0/s1. The van der Waals surface area contributed by atoms with Crippen LogP contribution in [0.25, 0.3) is 0 Å². The van der Waals surface area contributed by atoms with E-state index in [1.54, 1.807) is 6.20 Å². The maximum Gasteiger partial charge on any atom is 0.225 e. The molecule has 0 N–H and O–H groups in total. The smallest absolute Gasteiger partial charge is 0.225 e. The van der Waals surface area contributed by atoms with E-state index in [0.29, 0.717) is 17.4 Å². The second-order valence-electron chi connectivity index (χ2n) is 7.56. The van der Waals surface area contributed by atoms with Crippen molar-refractivity contribution in [1.29, 1.82) is 0 Å². The van der Waals surface area contributed by atoms with E-state index in [0.717, 1.165) is 51.1 Å². The summed E-state index contributed by atoms with van der Waals surface area (Å²) in [6.45, 7) is 3.23. The number of carbonyl (C=O) groups is 1. The van der Waals surface area contributed by atoms with Crippen LogP contribution in [-0.4, -0.2) is 72.8 Å². The Bertz CT molecular complexity index is 723. The third-order valence-corrected chi connectivity index (χ3v) is 7.65. The van der Waals surface area contributed by atoms with E-state index in [2.05, 4.69) is 9.88 Å². The zero-order chi connectivity index (χ0) is 17.4. The molecule has 3 fully saturated rings. The van der Waals surface area contributed by atoms with Gasteiger partial charge in [-0.05, 0) is 44.5 Å². The average molecular weight is 363 g/mol. The van der Waals surface area contributed by atoms with Crippen molar-refractivity contribution in [3.63, 3.8) is 0 Å². The molecule has 4 rings (SSSR count). The molecule has 7 heteroatoms. The molecule has 0 saturated carbocycles. The van der Waals surface area contributed by atoms with Crippen molar-refractivity contribution in [2.45, 2.75) is 31.2 Å². The molecular formula is C18H25N3O3S. The molecule has 3 saturated heterocycles. The molecule has 1 aromatic rings. The molecule has 0 unspecified atom stereocenters. The van der Waals surface area contributed by atoms with Gasteiger partial charge in [-0.2, -0.15) is 0 Å². The number of nitrogens with zero attached hydrogens (tertiary/aromatic N) is 3. The number of rotatable bonds is 3. The van der Waals surface area contributed by atoms with Gasteiger partial charge in [-0.15, -0.1) is 0 Å². The zero-order valence-corrected chi connectivity index (χ0v) is 15.2. The summed E-state index contributed by atoms with van der Waals surface area (Å²) in [4.78, 5) is 21.3. The van der Waals surface area contributed by atoms with Crippen LogP contribution >= 0.6 is 0 Å². The van der Waals surface area contributed by atoms with Gasteiger partial charge in [0.15, 0.2) is 9.84 Å². The Morgan fingerprint density at radius 3 is 2.48 bits per heavy atom. The molecule has 6 nitrogen and oxygen atoms in total. The van der Waals surface area contributed by atoms with Crippen molar-refractivity contribution in [3.05, 3.63) is 30.1 Å². The van der Waals surface area contributed by atoms with E-state index in [9.17, 15) is 13.2 Å². The van der Waals surface area contributed by atoms with Crippen LogP contribution in [0.15, 0.2) is 24.4 Å². The third-order valence-electron chi connectivity index (χ3n) is 5.90. The van der Waals surface area contributed by atoms with Crippen LogP contribution in [0.1, 0.15) is 30.9 Å². The van der Waals surface area contributed by atoms with Gasteiger partial charge in [-0.25, -0.2) is 8.42 Å². The van der Waals surface area contributed by atoms with Gasteiger partial charge in [-0.1, -0.05) is 6.07 Å². The van der Waals surface area contributed by atoms with E-state index >= 15 is 0 Å². The first-order valence-corrected chi connectivity index (χ1v) is 11.0. The van der Waals surface area contributed by atoms with Crippen LogP contribution in [0, 0.1) is 5.92 Å². The Morgan fingerprint density at radius 1 is 1.12 bits per heavy atom. The fourth-order valence-electron chi connectivity index (χ4n) is 4.30. The fourth-order valence-corrected chi connectivity index (χ4v) is 6.06. The molecule has 0 spiro atoms. The number of hydrogen-bond acceptors (Lipinski definition) is 5. The zero-order valence-electron chi connectivity index (χ0n) is 14.4. The third kappa shape index (κ3) is 3.58. The number of sulfone groups is 1. The number of amides is 1. The minimum atomic E-state index is -2.84. The fraction of sp³-hybridized carbons (Fsp3) is 0.667. The van der Waals surface area contributed by atoms with Gasteiger partial charge in [0.05, 0.1) is 11.5 Å². The normalized spacial score (nSPS) is 28.0. The van der Waals surface area contributed by atoms with Crippen molar-refractivity contribution < 1.29 is 13.2 Å². The van der Waals surface area contributed by atoms with Crippen LogP contribution in [-0.2, 0) is 14.6 Å². The summed E-state index contributed by atoms with van der Waals surface area (Å²) in [5.41, 5.74) is 1.07. The van der Waals surface area contributed by atoms with Gasteiger partial charge in [0.25, 0.3) is 0 Å². The summed E-state index contributed by atoms with van der Waals surface area (Å²) in [6.07, 6.45) is 4.25. The van der Waals surface area contributed by atoms with Crippen molar-refractivity contribution in [1.82, 2.24) is 14.8 Å². The molecule has 1 atom stereocenters. The molecule has 0 aromatic carbocycles. The molecule has 136 valence electrons. The van der Waals surface area contributed by atoms with Crippen LogP contribution in [0.4, 0.5) is 0 Å². The lowest BCUT2D eigenvalue weighted by molar-refractivity contribution is -0.141. The van der Waals surface area contributed by atoms with E-state index in [-0.39, 0.29) is 17.9 Å². The second-order valence-corrected chi connectivity index (χ2v) is 9.79. The molecule has 25 heavy (non-hydrogen) atoms. The minimum absolute atomic E-state index is 0.0962. The van der Waals surface area contributed by atoms with E-state index < -0.39 is 9.84 Å². The van der Waals surface area contributed by atoms with Crippen molar-refractivity contribution in [2.75, 3.05) is 37.7 Å². The van der Waals surface area contributed by atoms with E-state index in [4.69, 9.17) is 0 Å². The summed E-state index contributed by atoms with van der Waals surface area (Å²) in [5.74, 6) is 1.35. The van der Waals surface area contributed by atoms with Crippen LogP contribution in [0.2, 0.25) is 0 Å². The van der Waals surface area contributed by atoms with Gasteiger partial charge in [0, 0.05) is 42.9 Å². The van der Waals surface area contributed by atoms with Crippen molar-refractivity contribution in [3.8, 4) is 0 Å². The van der Waals surface area contributed by atoms with Crippen molar-refractivity contribution >= 4 is 15.7 Å². The lowest BCUT2D eigenvalue weighted by Crippen LogP contribution is -2.53. The highest BCUT2D eigenvalue weighted by molar-refractivity contribution is 7.91. The van der Waals surface area contributed by atoms with Gasteiger partial charge >= 0.3 is 0 Å². The number of aromatic nitrogens is 1. The molecule has 0 radical (unpaired) electrons. The first-order valence-electron chi connectivity index (χ1n) is 9.16. The van der Waals surface area contributed by atoms with Crippen LogP contribution in [0.5, 0.6) is 0 Å². The Morgan fingerprint density at radius 2 is 1.88 bits per heavy atom. The second kappa shape index (κ2) is 6.68. The number of hydrogen-bond donors (Lipinski definition) is 0. The predicted octanol–water partition coefficient (Wildman–Crippen LogP) is 0.907. The number of piperidine rings is 1. The first kappa shape index (κ1) is 17.0. The number of carbonyl (C=O) groups excluding carboxylic acids is 1. The van der Waals surface area contributed by atoms with Gasteiger partial charge < -0.3 is 4.90 Å². The van der Waals surface area contributed by atoms with Crippen LogP contribution < -0.4 is 0 Å². The van der Waals surface area contributed by atoms with Gasteiger partial charge in [0.2, 0.25) is 5.91 Å². The van der Waals surface area contributed by atoms with Gasteiger partial charge in [0.1, 0.15) is 0 Å². The maximum atomic E-state index is 12.7. The molecule has 1 aromatic heterocycles. The summed E-state index contributed by atoms with van der Waals surface area (Å²) in [7, 11) is -2.84. The van der Waals surface area contributed by atoms with Crippen LogP contribution in [0.3, 0.4) is 0 Å². The maximum absolute atomic E-state index is 12.7. The molecule has 0 bridgehead atoms. The first-order chi connectivity index (χ1) is 12.0. The van der Waals surface area contributed by atoms with E-state index in [1.165, 1.54) is 0 Å². The summed E-state index contributed by atoms with van der Waals surface area (Å²) in [6, 6.07) is 6.10. The minimum Gasteiger partial charge on any atom is -0.341 e. The SMILES string of the molecule is O=C(C1CCN([C@H]2CCS(=O)(=O)C2)CC1)N1CC(c2ccccn2)C1. The number of pyridine rings is 1. The Hall–Kier alpha value is -1.47. The quantitative estimate of drug-likeness (QED) is 0.798. The van der Waals surface area contributed by atoms with Crippen molar-refractivity contribution in [2.24, 2.45) is 5.92 Å². The lowest BCUT2D eigenvalue weighted by atomic mass is 9.89. The Labute approximate surface area is 149 Å². The Balaban J connectivity index is 1.25. The molecule has 4 heterocycles. The molecule has 1 amide bonds. The monoisotopic (exact) mass is 363 g/mol. The summed E-state index contributed by atoms with van der Waals surface area (Å²) < 4.78 is 23.3. The highest BCUT2D eigenvalue weighted by Crippen LogP contribution is 2.30. The van der Waals surface area contributed by atoms with E-state index in [1.807, 2.05) is 23.1 Å². The predicted molar refractivity (Wildman–Crippen MR) is 94.9 cm³/mol. The summed E-state index contributed by atoms with van der Waals surface area (Å²) >= 11 is 0. The topological polar surface area (TPSA) is 70.6 Å². The Kier molecular flexibility index (Phi) is 4.54. The summed E-state index contributed by atoms with van der Waals surface area (Å²) in [5, 5.41) is 0. The molecule has 0 aliphatic carbocycles. The highest BCUT2D eigenvalue weighted by atomic mass is 32.2. The highest BCUT2D eigenvalue weighted by Gasteiger charge is 2.39. The lowest BCUT2D eigenvalue weighted by Gasteiger charge is -2.43.